The van der Waals surface area contributed by atoms with E-state index in [1.165, 1.54) is 25.0 Å². The molecular weight excluding hydrogens is 265 g/mol. The van der Waals surface area contributed by atoms with E-state index >= 15 is 0 Å². The Balaban J connectivity index is 1.89. The number of hydrogen-bond donors (Lipinski definition) is 1. The smallest absolute Gasteiger partial charge is 0.193 e. The minimum absolute atomic E-state index is 0.182. The van der Waals surface area contributed by atoms with Crippen LogP contribution in [0.5, 0.6) is 0 Å². The maximum atomic E-state index is 12.9. The van der Waals surface area contributed by atoms with Gasteiger partial charge in [-0.2, -0.15) is 0 Å². The number of piperidine rings is 1. The molecule has 0 aliphatic carbocycles. The van der Waals surface area contributed by atoms with Crippen molar-refractivity contribution in [1.82, 2.24) is 10.2 Å². The van der Waals surface area contributed by atoms with Crippen LogP contribution in [0.25, 0.3) is 0 Å². The van der Waals surface area contributed by atoms with E-state index in [0.29, 0.717) is 0 Å². The van der Waals surface area contributed by atoms with Gasteiger partial charge in [-0.05, 0) is 49.8 Å². The molecule has 1 N–H and O–H groups in total. The van der Waals surface area contributed by atoms with Gasteiger partial charge in [0.2, 0.25) is 0 Å². The molecule has 1 fully saturated rings. The number of halogens is 1. The third-order valence-electron chi connectivity index (χ3n) is 3.99. The van der Waals surface area contributed by atoms with Crippen LogP contribution in [-0.2, 0) is 6.42 Å². The van der Waals surface area contributed by atoms with Crippen LogP contribution in [0.2, 0.25) is 0 Å². The minimum atomic E-state index is -0.182. The molecule has 1 aromatic carbocycles. The molecule has 1 aliphatic heterocycles. The number of nitrogens with zero attached hydrogens (tertiary/aromatic N) is 2. The van der Waals surface area contributed by atoms with E-state index in [0.717, 1.165) is 50.0 Å². The summed E-state index contributed by atoms with van der Waals surface area (Å²) in [6.45, 7) is 8.21. The summed E-state index contributed by atoms with van der Waals surface area (Å²) in [7, 11) is 0. The third kappa shape index (κ3) is 5.03. The first kappa shape index (κ1) is 15.8. The first-order valence-corrected chi connectivity index (χ1v) is 7.96. The number of hydrogen-bond acceptors (Lipinski definition) is 1. The molecule has 0 amide bonds. The van der Waals surface area contributed by atoms with Gasteiger partial charge in [-0.25, -0.2) is 4.39 Å². The molecule has 0 spiro atoms. The molecule has 3 nitrogen and oxygen atoms in total. The highest BCUT2D eigenvalue weighted by Gasteiger charge is 2.18. The second kappa shape index (κ2) is 8.01. The van der Waals surface area contributed by atoms with Gasteiger partial charge in [-0.3, -0.25) is 4.99 Å². The van der Waals surface area contributed by atoms with Crippen LogP contribution < -0.4 is 5.32 Å². The van der Waals surface area contributed by atoms with Crippen LogP contribution in [0.4, 0.5) is 4.39 Å². The molecule has 1 aliphatic rings. The summed E-state index contributed by atoms with van der Waals surface area (Å²) in [6.07, 6.45) is 3.32. The SMILES string of the molecule is CCNC(=NCCc1ccc(F)cc1)N1CCC(C)CC1. The molecule has 0 radical (unpaired) electrons. The van der Waals surface area contributed by atoms with Gasteiger partial charge in [-0.15, -0.1) is 0 Å². The molecule has 0 unspecified atom stereocenters. The number of aliphatic imine (C=N–C) groups is 1. The molecule has 1 heterocycles. The first-order valence-electron chi connectivity index (χ1n) is 7.96. The van der Waals surface area contributed by atoms with E-state index < -0.39 is 0 Å². The van der Waals surface area contributed by atoms with E-state index in [-0.39, 0.29) is 5.82 Å². The Kier molecular flexibility index (Phi) is 6.03. The number of benzene rings is 1. The van der Waals surface area contributed by atoms with E-state index in [1.807, 2.05) is 12.1 Å². The highest BCUT2D eigenvalue weighted by atomic mass is 19.1. The average molecular weight is 291 g/mol. The van der Waals surface area contributed by atoms with E-state index in [9.17, 15) is 4.39 Å². The Labute approximate surface area is 127 Å². The Morgan fingerprint density at radius 1 is 1.29 bits per heavy atom. The predicted octanol–water partition coefficient (Wildman–Crippen LogP) is 3.07. The van der Waals surface area contributed by atoms with Gasteiger partial charge in [0, 0.05) is 26.2 Å². The molecule has 0 atom stereocenters. The van der Waals surface area contributed by atoms with Crippen LogP contribution in [0.3, 0.4) is 0 Å². The number of nitrogens with one attached hydrogen (secondary N) is 1. The number of guanidine groups is 1. The molecule has 1 aromatic rings. The van der Waals surface area contributed by atoms with Crippen molar-refractivity contribution in [3.05, 3.63) is 35.6 Å². The van der Waals surface area contributed by atoms with E-state index in [1.54, 1.807) is 0 Å². The maximum absolute atomic E-state index is 12.9. The topological polar surface area (TPSA) is 27.6 Å². The summed E-state index contributed by atoms with van der Waals surface area (Å²) in [4.78, 5) is 7.07. The van der Waals surface area contributed by atoms with E-state index in [2.05, 4.69) is 24.1 Å². The lowest BCUT2D eigenvalue weighted by Gasteiger charge is -2.33. The normalized spacial score (nSPS) is 17.1. The van der Waals surface area contributed by atoms with Crippen LogP contribution >= 0.6 is 0 Å². The fourth-order valence-electron chi connectivity index (χ4n) is 2.59. The Morgan fingerprint density at radius 3 is 2.57 bits per heavy atom. The maximum Gasteiger partial charge on any atom is 0.193 e. The van der Waals surface area contributed by atoms with Crippen molar-refractivity contribution in [2.24, 2.45) is 10.9 Å². The van der Waals surface area contributed by atoms with Crippen LogP contribution in [0.1, 0.15) is 32.3 Å². The quantitative estimate of drug-likeness (QED) is 0.682. The van der Waals surface area contributed by atoms with Crippen molar-refractivity contribution < 1.29 is 4.39 Å². The van der Waals surface area contributed by atoms with Crippen LogP contribution in [-0.4, -0.2) is 37.0 Å². The molecule has 21 heavy (non-hydrogen) atoms. The molecule has 0 saturated carbocycles. The molecule has 0 aromatic heterocycles. The van der Waals surface area contributed by atoms with Crippen LogP contribution in [0.15, 0.2) is 29.3 Å². The lowest BCUT2D eigenvalue weighted by atomic mass is 10.00. The summed E-state index contributed by atoms with van der Waals surface area (Å²) in [5.41, 5.74) is 1.13. The number of rotatable bonds is 4. The second-order valence-corrected chi connectivity index (χ2v) is 5.78. The fourth-order valence-corrected chi connectivity index (χ4v) is 2.59. The summed E-state index contributed by atoms with van der Waals surface area (Å²) >= 11 is 0. The van der Waals surface area contributed by atoms with Crippen molar-refractivity contribution >= 4 is 5.96 Å². The van der Waals surface area contributed by atoms with E-state index in [4.69, 9.17) is 4.99 Å². The zero-order chi connectivity index (χ0) is 15.1. The Hall–Kier alpha value is -1.58. The third-order valence-corrected chi connectivity index (χ3v) is 3.99. The first-order chi connectivity index (χ1) is 10.2. The zero-order valence-electron chi connectivity index (χ0n) is 13.1. The van der Waals surface area contributed by atoms with Gasteiger partial charge in [0.25, 0.3) is 0 Å². The van der Waals surface area contributed by atoms with Gasteiger partial charge in [0.05, 0.1) is 0 Å². The lowest BCUT2D eigenvalue weighted by molar-refractivity contribution is 0.273. The Morgan fingerprint density at radius 2 is 1.95 bits per heavy atom. The van der Waals surface area contributed by atoms with Gasteiger partial charge in [0.15, 0.2) is 5.96 Å². The highest BCUT2D eigenvalue weighted by molar-refractivity contribution is 5.80. The average Bonchev–Trinajstić information content (AvgIpc) is 2.49. The van der Waals surface area contributed by atoms with Gasteiger partial charge >= 0.3 is 0 Å². The summed E-state index contributed by atoms with van der Waals surface area (Å²) in [5.74, 6) is 1.66. The van der Waals surface area contributed by atoms with Crippen molar-refractivity contribution in [2.45, 2.75) is 33.1 Å². The molecule has 116 valence electrons. The van der Waals surface area contributed by atoms with Gasteiger partial charge < -0.3 is 10.2 Å². The molecule has 2 rings (SSSR count). The largest absolute Gasteiger partial charge is 0.357 e. The predicted molar refractivity (Wildman–Crippen MR) is 86.1 cm³/mol. The van der Waals surface area contributed by atoms with Crippen LogP contribution in [0, 0.1) is 11.7 Å². The summed E-state index contributed by atoms with van der Waals surface area (Å²) in [6, 6.07) is 6.69. The number of likely N-dealkylation sites (tertiary alicyclic amines) is 1. The van der Waals surface area contributed by atoms with Crippen molar-refractivity contribution in [2.75, 3.05) is 26.2 Å². The Bertz CT molecular complexity index is 448. The summed E-state index contributed by atoms with van der Waals surface area (Å²) in [5, 5.41) is 3.38. The molecule has 1 saturated heterocycles. The fraction of sp³-hybridized carbons (Fsp3) is 0.588. The highest BCUT2D eigenvalue weighted by Crippen LogP contribution is 2.16. The lowest BCUT2D eigenvalue weighted by Crippen LogP contribution is -2.45. The molecule has 4 heteroatoms. The molecular formula is C17H26FN3. The standard InChI is InChI=1S/C17H26FN3/c1-3-19-17(21-12-9-14(2)10-13-21)20-11-8-15-4-6-16(18)7-5-15/h4-7,14H,3,8-13H2,1-2H3,(H,19,20). The summed E-state index contributed by atoms with van der Waals surface area (Å²) < 4.78 is 12.9. The van der Waals surface area contributed by atoms with Crippen molar-refractivity contribution in [1.29, 1.82) is 0 Å². The minimum Gasteiger partial charge on any atom is -0.357 e. The van der Waals surface area contributed by atoms with Gasteiger partial charge in [0.1, 0.15) is 5.82 Å². The molecule has 0 bridgehead atoms. The second-order valence-electron chi connectivity index (χ2n) is 5.78. The van der Waals surface area contributed by atoms with Crippen molar-refractivity contribution in [3.63, 3.8) is 0 Å². The zero-order valence-corrected chi connectivity index (χ0v) is 13.1. The van der Waals surface area contributed by atoms with Gasteiger partial charge in [-0.1, -0.05) is 19.1 Å². The van der Waals surface area contributed by atoms with Crippen molar-refractivity contribution in [3.8, 4) is 0 Å². The monoisotopic (exact) mass is 291 g/mol.